The number of hydrogen-bond donors (Lipinski definition) is 0. The van der Waals surface area contributed by atoms with E-state index >= 15 is 0 Å². The fraction of sp³-hybridized carbons (Fsp3) is 0.222. The van der Waals surface area contributed by atoms with Crippen molar-refractivity contribution in [1.82, 2.24) is 0 Å². The minimum atomic E-state index is 0.112. The SMILES string of the molecule is C#CCCC(=O)c1ccsc1Br. The van der Waals surface area contributed by atoms with Gasteiger partial charge in [-0.1, -0.05) is 0 Å². The zero-order chi connectivity index (χ0) is 8.97. The van der Waals surface area contributed by atoms with E-state index in [0.29, 0.717) is 12.8 Å². The fourth-order valence-corrected chi connectivity index (χ4v) is 2.12. The number of carbonyl (C=O) groups is 1. The zero-order valence-electron chi connectivity index (χ0n) is 6.34. The van der Waals surface area contributed by atoms with Gasteiger partial charge in [0.2, 0.25) is 0 Å². The van der Waals surface area contributed by atoms with Gasteiger partial charge < -0.3 is 0 Å². The Morgan fingerprint density at radius 2 is 2.50 bits per heavy atom. The third kappa shape index (κ3) is 2.20. The van der Waals surface area contributed by atoms with Gasteiger partial charge in [0.25, 0.3) is 0 Å². The second-order valence-corrected chi connectivity index (χ2v) is 4.47. The zero-order valence-corrected chi connectivity index (χ0v) is 8.74. The predicted molar refractivity (Wildman–Crippen MR) is 54.4 cm³/mol. The molecule has 0 aromatic carbocycles. The Balaban J connectivity index is 2.67. The van der Waals surface area contributed by atoms with E-state index in [4.69, 9.17) is 6.42 Å². The summed E-state index contributed by atoms with van der Waals surface area (Å²) in [6.45, 7) is 0. The molecular formula is C9H7BrOS. The van der Waals surface area contributed by atoms with Crippen LogP contribution in [0.2, 0.25) is 0 Å². The van der Waals surface area contributed by atoms with E-state index in [9.17, 15) is 4.79 Å². The molecule has 0 aliphatic heterocycles. The van der Waals surface area contributed by atoms with Crippen LogP contribution in [-0.2, 0) is 0 Å². The number of rotatable bonds is 3. The number of terminal acetylenes is 1. The maximum Gasteiger partial charge on any atom is 0.165 e. The van der Waals surface area contributed by atoms with Crippen LogP contribution in [0, 0.1) is 12.3 Å². The number of thiophene rings is 1. The second-order valence-electron chi connectivity index (χ2n) is 2.24. The molecule has 0 aliphatic rings. The molecule has 0 saturated carbocycles. The topological polar surface area (TPSA) is 17.1 Å². The number of halogens is 1. The molecule has 0 aliphatic carbocycles. The van der Waals surface area contributed by atoms with Crippen molar-refractivity contribution in [3.63, 3.8) is 0 Å². The van der Waals surface area contributed by atoms with Gasteiger partial charge in [0.1, 0.15) is 0 Å². The van der Waals surface area contributed by atoms with Crippen LogP contribution in [-0.4, -0.2) is 5.78 Å². The summed E-state index contributed by atoms with van der Waals surface area (Å²) in [5.41, 5.74) is 0.746. The number of Topliss-reactive ketones (excluding diaryl/α,β-unsaturated/α-hetero) is 1. The Morgan fingerprint density at radius 3 is 3.00 bits per heavy atom. The molecule has 0 unspecified atom stereocenters. The molecule has 0 fully saturated rings. The number of hydrogen-bond acceptors (Lipinski definition) is 2. The Bertz CT molecular complexity index is 322. The molecule has 0 saturated heterocycles. The molecule has 1 nitrogen and oxygen atoms in total. The van der Waals surface area contributed by atoms with Gasteiger partial charge in [-0.25, -0.2) is 0 Å². The van der Waals surface area contributed by atoms with Crippen LogP contribution in [0.5, 0.6) is 0 Å². The van der Waals surface area contributed by atoms with E-state index in [1.54, 1.807) is 0 Å². The Morgan fingerprint density at radius 1 is 1.75 bits per heavy atom. The minimum Gasteiger partial charge on any atom is -0.294 e. The fourth-order valence-electron chi connectivity index (χ4n) is 0.814. The first-order chi connectivity index (χ1) is 5.75. The molecule has 0 N–H and O–H groups in total. The Hall–Kier alpha value is -0.590. The lowest BCUT2D eigenvalue weighted by Crippen LogP contribution is -1.96. The summed E-state index contributed by atoms with van der Waals surface area (Å²) in [5, 5.41) is 1.88. The maximum atomic E-state index is 11.4. The quantitative estimate of drug-likeness (QED) is 0.588. The van der Waals surface area contributed by atoms with E-state index in [1.807, 2.05) is 11.4 Å². The molecule has 0 atom stereocenters. The van der Waals surface area contributed by atoms with Crippen molar-refractivity contribution in [3.05, 3.63) is 20.8 Å². The van der Waals surface area contributed by atoms with E-state index in [0.717, 1.165) is 9.35 Å². The first-order valence-electron chi connectivity index (χ1n) is 3.45. The normalized spacial score (nSPS) is 9.33. The van der Waals surface area contributed by atoms with Crippen molar-refractivity contribution in [3.8, 4) is 12.3 Å². The molecule has 1 aromatic heterocycles. The van der Waals surface area contributed by atoms with Gasteiger partial charge in [-0.3, -0.25) is 4.79 Å². The van der Waals surface area contributed by atoms with Crippen LogP contribution in [0.3, 0.4) is 0 Å². The van der Waals surface area contributed by atoms with Gasteiger partial charge in [-0.2, -0.15) is 0 Å². The predicted octanol–water partition coefficient (Wildman–Crippen LogP) is 3.11. The first-order valence-corrected chi connectivity index (χ1v) is 5.12. The van der Waals surface area contributed by atoms with Crippen molar-refractivity contribution >= 4 is 33.0 Å². The summed E-state index contributed by atoms with van der Waals surface area (Å²) in [5.74, 6) is 2.56. The largest absolute Gasteiger partial charge is 0.294 e. The monoisotopic (exact) mass is 242 g/mol. The van der Waals surface area contributed by atoms with Crippen molar-refractivity contribution in [2.24, 2.45) is 0 Å². The highest BCUT2D eigenvalue weighted by atomic mass is 79.9. The first kappa shape index (κ1) is 9.50. The molecular weight excluding hydrogens is 236 g/mol. The van der Waals surface area contributed by atoms with Gasteiger partial charge >= 0.3 is 0 Å². The highest BCUT2D eigenvalue weighted by Crippen LogP contribution is 2.24. The van der Waals surface area contributed by atoms with Crippen molar-refractivity contribution < 1.29 is 4.79 Å². The molecule has 0 radical (unpaired) electrons. The molecule has 3 heteroatoms. The van der Waals surface area contributed by atoms with Gasteiger partial charge in [0, 0.05) is 18.4 Å². The summed E-state index contributed by atoms with van der Waals surface area (Å²) in [4.78, 5) is 11.4. The lowest BCUT2D eigenvalue weighted by Gasteiger charge is -1.94. The van der Waals surface area contributed by atoms with E-state index in [2.05, 4.69) is 21.9 Å². The van der Waals surface area contributed by atoms with Crippen LogP contribution in [0.1, 0.15) is 23.2 Å². The molecule has 0 bridgehead atoms. The van der Waals surface area contributed by atoms with Gasteiger partial charge in [0.15, 0.2) is 5.78 Å². The number of carbonyl (C=O) groups excluding carboxylic acids is 1. The lowest BCUT2D eigenvalue weighted by molar-refractivity contribution is 0.0984. The molecule has 12 heavy (non-hydrogen) atoms. The van der Waals surface area contributed by atoms with Gasteiger partial charge in [-0.15, -0.1) is 23.7 Å². The summed E-state index contributed by atoms with van der Waals surface area (Å²) in [6, 6.07) is 1.81. The van der Waals surface area contributed by atoms with E-state index in [1.165, 1.54) is 11.3 Å². The highest BCUT2D eigenvalue weighted by molar-refractivity contribution is 9.11. The lowest BCUT2D eigenvalue weighted by atomic mass is 10.1. The van der Waals surface area contributed by atoms with Crippen molar-refractivity contribution in [2.75, 3.05) is 0 Å². The summed E-state index contributed by atoms with van der Waals surface area (Å²) in [6.07, 6.45) is 6.01. The Labute approximate surface area is 83.9 Å². The molecule has 1 heterocycles. The molecule has 1 aromatic rings. The standard InChI is InChI=1S/C9H7BrOS/c1-2-3-4-8(11)7-5-6-12-9(7)10/h1,5-6H,3-4H2. The average molecular weight is 243 g/mol. The van der Waals surface area contributed by atoms with E-state index in [-0.39, 0.29) is 5.78 Å². The average Bonchev–Trinajstić information content (AvgIpc) is 2.47. The summed E-state index contributed by atoms with van der Waals surface area (Å²) in [7, 11) is 0. The summed E-state index contributed by atoms with van der Waals surface area (Å²) >= 11 is 4.82. The van der Waals surface area contributed by atoms with Crippen molar-refractivity contribution in [1.29, 1.82) is 0 Å². The maximum absolute atomic E-state index is 11.4. The second kappa shape index (κ2) is 4.44. The summed E-state index contributed by atoms with van der Waals surface area (Å²) < 4.78 is 0.893. The van der Waals surface area contributed by atoms with Crippen LogP contribution in [0.15, 0.2) is 15.2 Å². The Kier molecular flexibility index (Phi) is 3.51. The third-order valence-corrected chi connectivity index (χ3v) is 3.10. The van der Waals surface area contributed by atoms with Crippen molar-refractivity contribution in [2.45, 2.75) is 12.8 Å². The van der Waals surface area contributed by atoms with Crippen LogP contribution in [0.4, 0.5) is 0 Å². The molecule has 1 rings (SSSR count). The third-order valence-electron chi connectivity index (χ3n) is 1.41. The number of ketones is 1. The molecule has 0 spiro atoms. The minimum absolute atomic E-state index is 0.112. The van der Waals surface area contributed by atoms with E-state index < -0.39 is 0 Å². The highest BCUT2D eigenvalue weighted by Gasteiger charge is 2.09. The van der Waals surface area contributed by atoms with Crippen LogP contribution >= 0.6 is 27.3 Å². The molecule has 62 valence electrons. The smallest absolute Gasteiger partial charge is 0.165 e. The van der Waals surface area contributed by atoms with Crippen LogP contribution in [0.25, 0.3) is 0 Å². The van der Waals surface area contributed by atoms with Crippen LogP contribution < -0.4 is 0 Å². The van der Waals surface area contributed by atoms with Gasteiger partial charge in [0.05, 0.1) is 3.79 Å². The van der Waals surface area contributed by atoms with Gasteiger partial charge in [-0.05, 0) is 27.4 Å². The molecule has 0 amide bonds.